The van der Waals surface area contributed by atoms with Crippen LogP contribution in [0.4, 0.5) is 4.39 Å². The van der Waals surface area contributed by atoms with Gasteiger partial charge in [0.25, 0.3) is 0 Å². The molecule has 0 radical (unpaired) electrons. The average molecular weight is 437 g/mol. The van der Waals surface area contributed by atoms with Crippen molar-refractivity contribution in [3.8, 4) is 0 Å². The predicted molar refractivity (Wildman–Crippen MR) is 117 cm³/mol. The predicted octanol–water partition coefficient (Wildman–Crippen LogP) is 4.66. The lowest BCUT2D eigenvalue weighted by Crippen LogP contribution is -2.48. The lowest BCUT2D eigenvalue weighted by atomic mass is 10.1. The molecule has 29 heavy (non-hydrogen) atoms. The van der Waals surface area contributed by atoms with E-state index in [1.54, 1.807) is 19.1 Å². The van der Waals surface area contributed by atoms with Crippen LogP contribution in [0.25, 0.3) is 0 Å². The molecule has 0 saturated heterocycles. The Balaban J connectivity index is 2.05. The molecule has 1 N–H and O–H groups in total. The van der Waals surface area contributed by atoms with Crippen molar-refractivity contribution < 1.29 is 14.0 Å². The van der Waals surface area contributed by atoms with E-state index in [9.17, 15) is 14.0 Å². The molecule has 0 saturated carbocycles. The highest BCUT2D eigenvalue weighted by molar-refractivity contribution is 7.99. The normalized spacial score (nSPS) is 11.7. The van der Waals surface area contributed by atoms with Crippen LogP contribution >= 0.6 is 23.4 Å². The highest BCUT2D eigenvalue weighted by Gasteiger charge is 2.25. The number of benzene rings is 2. The number of hydrogen-bond donors (Lipinski definition) is 1. The monoisotopic (exact) mass is 436 g/mol. The van der Waals surface area contributed by atoms with Gasteiger partial charge in [0, 0.05) is 23.9 Å². The standard InChI is InChI=1S/C22H26ClFN2O2S/c1-3-12-25-22(28)16(2)26(13-17-8-10-19(24)11-9-17)21(27)15-29-14-18-6-4-5-7-20(18)23/h4-11,16H,3,12-15H2,1-2H3,(H,25,28). The summed E-state index contributed by atoms with van der Waals surface area (Å²) in [5, 5.41) is 3.50. The molecule has 0 aromatic heterocycles. The first-order valence-corrected chi connectivity index (χ1v) is 11.1. The van der Waals surface area contributed by atoms with Crippen molar-refractivity contribution in [3.05, 3.63) is 70.5 Å². The van der Waals surface area contributed by atoms with Gasteiger partial charge < -0.3 is 10.2 Å². The Morgan fingerprint density at radius 3 is 2.52 bits per heavy atom. The Morgan fingerprint density at radius 2 is 1.86 bits per heavy atom. The minimum Gasteiger partial charge on any atom is -0.354 e. The first-order valence-electron chi connectivity index (χ1n) is 9.55. The SMILES string of the molecule is CCCNC(=O)C(C)N(Cc1ccc(F)cc1)C(=O)CSCc1ccccc1Cl. The van der Waals surface area contributed by atoms with E-state index in [0.29, 0.717) is 17.3 Å². The van der Waals surface area contributed by atoms with Crippen LogP contribution in [0.15, 0.2) is 48.5 Å². The van der Waals surface area contributed by atoms with E-state index in [0.717, 1.165) is 17.5 Å². The Labute approximate surface area is 180 Å². The van der Waals surface area contributed by atoms with Gasteiger partial charge in [0.15, 0.2) is 0 Å². The number of nitrogens with zero attached hydrogens (tertiary/aromatic N) is 1. The molecule has 2 aromatic carbocycles. The fourth-order valence-electron chi connectivity index (χ4n) is 2.71. The molecule has 1 unspecified atom stereocenters. The summed E-state index contributed by atoms with van der Waals surface area (Å²) in [7, 11) is 0. The number of rotatable bonds is 10. The van der Waals surface area contributed by atoms with Crippen molar-refractivity contribution in [3.63, 3.8) is 0 Å². The maximum atomic E-state index is 13.2. The van der Waals surface area contributed by atoms with Gasteiger partial charge in [-0.2, -0.15) is 0 Å². The third-order valence-corrected chi connectivity index (χ3v) is 5.76. The van der Waals surface area contributed by atoms with Gasteiger partial charge in [-0.25, -0.2) is 4.39 Å². The van der Waals surface area contributed by atoms with E-state index in [4.69, 9.17) is 11.6 Å². The van der Waals surface area contributed by atoms with Gasteiger partial charge in [0.1, 0.15) is 11.9 Å². The molecule has 2 amide bonds. The van der Waals surface area contributed by atoms with Crippen molar-refractivity contribution in [2.45, 2.75) is 38.6 Å². The van der Waals surface area contributed by atoms with Crippen molar-refractivity contribution in [1.29, 1.82) is 0 Å². The molecule has 2 rings (SSSR count). The molecular formula is C22H26ClFN2O2S. The number of carbonyl (C=O) groups excluding carboxylic acids is 2. The highest BCUT2D eigenvalue weighted by Crippen LogP contribution is 2.21. The molecule has 156 valence electrons. The van der Waals surface area contributed by atoms with Crippen LogP contribution in [0, 0.1) is 5.82 Å². The zero-order valence-electron chi connectivity index (χ0n) is 16.7. The third kappa shape index (κ3) is 7.37. The zero-order chi connectivity index (χ0) is 21.2. The summed E-state index contributed by atoms with van der Waals surface area (Å²) >= 11 is 7.62. The second-order valence-corrected chi connectivity index (χ2v) is 8.09. The van der Waals surface area contributed by atoms with Crippen LogP contribution in [-0.4, -0.2) is 35.1 Å². The smallest absolute Gasteiger partial charge is 0.242 e. The van der Waals surface area contributed by atoms with Crippen molar-refractivity contribution in [1.82, 2.24) is 10.2 Å². The van der Waals surface area contributed by atoms with Crippen molar-refractivity contribution >= 4 is 35.2 Å². The Kier molecular flexibility index (Phi) is 9.48. The molecule has 1 atom stereocenters. The van der Waals surface area contributed by atoms with Crippen LogP contribution in [0.3, 0.4) is 0 Å². The van der Waals surface area contributed by atoms with Crippen molar-refractivity contribution in [2.24, 2.45) is 0 Å². The second kappa shape index (κ2) is 11.8. The van der Waals surface area contributed by atoms with E-state index in [-0.39, 0.29) is 29.9 Å². The average Bonchev–Trinajstić information content (AvgIpc) is 2.72. The first-order chi connectivity index (χ1) is 13.9. The number of carbonyl (C=O) groups is 2. The van der Waals surface area contributed by atoms with Crippen LogP contribution in [0.1, 0.15) is 31.4 Å². The molecular weight excluding hydrogens is 411 g/mol. The molecule has 0 heterocycles. The minimum atomic E-state index is -0.625. The maximum absolute atomic E-state index is 13.2. The molecule has 0 aliphatic rings. The number of nitrogens with one attached hydrogen (secondary N) is 1. The van der Waals surface area contributed by atoms with Crippen LogP contribution in [-0.2, 0) is 21.9 Å². The number of halogens is 2. The van der Waals surface area contributed by atoms with E-state index in [2.05, 4.69) is 5.32 Å². The Morgan fingerprint density at radius 1 is 1.17 bits per heavy atom. The lowest BCUT2D eigenvalue weighted by molar-refractivity contribution is -0.138. The molecule has 4 nitrogen and oxygen atoms in total. The molecule has 0 aliphatic carbocycles. The van der Waals surface area contributed by atoms with Gasteiger partial charge in [-0.15, -0.1) is 11.8 Å². The van der Waals surface area contributed by atoms with Crippen LogP contribution in [0.5, 0.6) is 0 Å². The largest absolute Gasteiger partial charge is 0.354 e. The maximum Gasteiger partial charge on any atom is 0.242 e. The second-order valence-electron chi connectivity index (χ2n) is 6.70. The van der Waals surface area contributed by atoms with Gasteiger partial charge in [-0.3, -0.25) is 9.59 Å². The summed E-state index contributed by atoms with van der Waals surface area (Å²) in [6, 6.07) is 12.9. The van der Waals surface area contributed by atoms with Gasteiger partial charge in [0.2, 0.25) is 11.8 Å². The Bertz CT molecular complexity index is 817. The van der Waals surface area contributed by atoms with E-state index >= 15 is 0 Å². The van der Waals surface area contributed by atoms with Crippen molar-refractivity contribution in [2.75, 3.05) is 12.3 Å². The lowest BCUT2D eigenvalue weighted by Gasteiger charge is -2.28. The van der Waals surface area contributed by atoms with Crippen LogP contribution < -0.4 is 5.32 Å². The van der Waals surface area contributed by atoms with E-state index in [1.807, 2.05) is 31.2 Å². The molecule has 0 spiro atoms. The van der Waals surface area contributed by atoms with Gasteiger partial charge >= 0.3 is 0 Å². The fraction of sp³-hybridized carbons (Fsp3) is 0.364. The summed E-state index contributed by atoms with van der Waals surface area (Å²) in [4.78, 5) is 26.9. The van der Waals surface area contributed by atoms with Gasteiger partial charge in [-0.1, -0.05) is 48.9 Å². The summed E-state index contributed by atoms with van der Waals surface area (Å²) in [5.41, 5.74) is 1.73. The number of thioether (sulfide) groups is 1. The molecule has 0 fully saturated rings. The van der Waals surface area contributed by atoms with Crippen LogP contribution in [0.2, 0.25) is 5.02 Å². The molecule has 7 heteroatoms. The topological polar surface area (TPSA) is 49.4 Å². The van der Waals surface area contributed by atoms with Gasteiger partial charge in [0.05, 0.1) is 5.75 Å². The number of hydrogen-bond acceptors (Lipinski definition) is 3. The van der Waals surface area contributed by atoms with E-state index < -0.39 is 6.04 Å². The zero-order valence-corrected chi connectivity index (χ0v) is 18.2. The highest BCUT2D eigenvalue weighted by atomic mass is 35.5. The summed E-state index contributed by atoms with van der Waals surface area (Å²) in [6.07, 6.45) is 0.818. The summed E-state index contributed by atoms with van der Waals surface area (Å²) in [6.45, 7) is 4.48. The summed E-state index contributed by atoms with van der Waals surface area (Å²) in [5.74, 6) is 0.143. The van der Waals surface area contributed by atoms with E-state index in [1.165, 1.54) is 28.8 Å². The molecule has 0 aliphatic heterocycles. The van der Waals surface area contributed by atoms with Gasteiger partial charge in [-0.05, 0) is 42.7 Å². The number of amides is 2. The third-order valence-electron chi connectivity index (χ3n) is 4.42. The Hall–Kier alpha value is -2.05. The molecule has 0 bridgehead atoms. The fourth-order valence-corrected chi connectivity index (χ4v) is 3.91. The summed E-state index contributed by atoms with van der Waals surface area (Å²) < 4.78 is 13.2. The minimum absolute atomic E-state index is 0.148. The molecule has 2 aromatic rings. The first kappa shape index (κ1) is 23.2. The quantitative estimate of drug-likeness (QED) is 0.589.